The molecule has 0 aliphatic carbocycles. The summed E-state index contributed by atoms with van der Waals surface area (Å²) in [5.41, 5.74) is 1.51. The molecule has 5 rings (SSSR count). The lowest BCUT2D eigenvalue weighted by atomic mass is 10.2. The molecule has 1 saturated heterocycles. The summed E-state index contributed by atoms with van der Waals surface area (Å²) in [5.74, 6) is 1.04. The number of hydrogen-bond donors (Lipinski definition) is 1. The predicted octanol–water partition coefficient (Wildman–Crippen LogP) is 4.10. The third kappa shape index (κ3) is 4.17. The summed E-state index contributed by atoms with van der Waals surface area (Å²) in [6, 6.07) is 9.36. The van der Waals surface area contributed by atoms with Crippen molar-refractivity contribution >= 4 is 45.5 Å². The van der Waals surface area contributed by atoms with Crippen molar-refractivity contribution in [1.82, 2.24) is 25.1 Å². The highest BCUT2D eigenvalue weighted by Crippen LogP contribution is 2.30. The number of nitrogens with zero attached hydrogens (tertiary/aromatic N) is 5. The van der Waals surface area contributed by atoms with Gasteiger partial charge in [-0.25, -0.2) is 14.6 Å². The monoisotopic (exact) mass is 450 g/mol. The van der Waals surface area contributed by atoms with Crippen LogP contribution in [0, 0.1) is 0 Å². The van der Waals surface area contributed by atoms with Crippen LogP contribution in [0.3, 0.4) is 0 Å². The number of anilines is 1. The summed E-state index contributed by atoms with van der Waals surface area (Å²) in [4.78, 5) is 24.5. The van der Waals surface area contributed by atoms with E-state index in [9.17, 15) is 4.79 Å². The van der Waals surface area contributed by atoms with Gasteiger partial charge < -0.3 is 14.6 Å². The summed E-state index contributed by atoms with van der Waals surface area (Å²) in [5, 5.41) is 10.5. The van der Waals surface area contributed by atoms with Crippen LogP contribution < -0.4 is 10.2 Å². The zero-order valence-corrected chi connectivity index (χ0v) is 19.1. The van der Waals surface area contributed by atoms with Crippen LogP contribution in [0.15, 0.2) is 46.1 Å². The number of para-hydroxylation sites is 1. The molecule has 1 aliphatic rings. The van der Waals surface area contributed by atoms with Crippen LogP contribution in [0.4, 0.5) is 5.82 Å². The van der Waals surface area contributed by atoms with Crippen molar-refractivity contribution in [3.63, 3.8) is 0 Å². The lowest BCUT2D eigenvalue weighted by Gasteiger charge is -2.18. The second-order valence-electron chi connectivity index (χ2n) is 8.20. The third-order valence-corrected chi connectivity index (χ3v) is 6.33. The first-order valence-electron chi connectivity index (χ1n) is 11.0. The molecule has 166 valence electrons. The van der Waals surface area contributed by atoms with E-state index < -0.39 is 0 Å². The summed E-state index contributed by atoms with van der Waals surface area (Å²) in [6.45, 7) is 7.23. The van der Waals surface area contributed by atoms with E-state index in [1.54, 1.807) is 17.8 Å². The molecule has 8 nitrogen and oxygen atoms in total. The molecular weight excluding hydrogens is 424 g/mol. The highest BCUT2D eigenvalue weighted by Gasteiger charge is 2.21. The van der Waals surface area contributed by atoms with Gasteiger partial charge in [-0.3, -0.25) is 4.79 Å². The maximum absolute atomic E-state index is 12.5. The molecule has 1 amide bonds. The largest absolute Gasteiger partial charge is 0.451 e. The van der Waals surface area contributed by atoms with Gasteiger partial charge in [0, 0.05) is 30.3 Å². The molecule has 0 atom stereocenters. The lowest BCUT2D eigenvalue weighted by Crippen LogP contribution is -2.27. The average molecular weight is 451 g/mol. The normalized spacial score (nSPS) is 14.2. The number of nitrogens with one attached hydrogen (secondary N) is 1. The molecule has 9 heteroatoms. The second-order valence-corrected chi connectivity index (χ2v) is 9.74. The first-order chi connectivity index (χ1) is 15.6. The summed E-state index contributed by atoms with van der Waals surface area (Å²) < 4.78 is 7.50. The Labute approximate surface area is 190 Å². The molecular formula is C23H26N6O2S. The fourth-order valence-corrected chi connectivity index (χ4v) is 4.67. The topological polar surface area (TPSA) is 89.1 Å². The lowest BCUT2D eigenvalue weighted by molar-refractivity contribution is 0.0926. The quantitative estimate of drug-likeness (QED) is 0.335. The maximum Gasteiger partial charge on any atom is 0.287 e. The van der Waals surface area contributed by atoms with Crippen molar-refractivity contribution in [3.05, 3.63) is 42.3 Å². The van der Waals surface area contributed by atoms with E-state index in [2.05, 4.69) is 29.2 Å². The first-order valence-corrected chi connectivity index (χ1v) is 11.9. The molecule has 1 fully saturated rings. The fourth-order valence-electron chi connectivity index (χ4n) is 3.97. The van der Waals surface area contributed by atoms with E-state index in [1.807, 2.05) is 35.1 Å². The Hall–Kier alpha value is -3.07. The fraction of sp³-hybridized carbons (Fsp3) is 0.391. The van der Waals surface area contributed by atoms with Gasteiger partial charge in [-0.15, -0.1) is 0 Å². The van der Waals surface area contributed by atoms with E-state index >= 15 is 0 Å². The second kappa shape index (κ2) is 8.82. The smallest absolute Gasteiger partial charge is 0.287 e. The zero-order valence-electron chi connectivity index (χ0n) is 18.2. The van der Waals surface area contributed by atoms with Crippen molar-refractivity contribution in [3.8, 4) is 0 Å². The number of hydrogen-bond acceptors (Lipinski definition) is 7. The van der Waals surface area contributed by atoms with E-state index in [0.29, 0.717) is 29.7 Å². The molecule has 0 spiro atoms. The predicted molar refractivity (Wildman–Crippen MR) is 126 cm³/mol. The number of thioether (sulfide) groups is 1. The van der Waals surface area contributed by atoms with E-state index in [1.165, 1.54) is 12.8 Å². The van der Waals surface area contributed by atoms with Crippen LogP contribution in [-0.4, -0.2) is 50.5 Å². The van der Waals surface area contributed by atoms with Crippen LogP contribution in [0.25, 0.3) is 22.0 Å². The van der Waals surface area contributed by atoms with Crippen molar-refractivity contribution in [1.29, 1.82) is 0 Å². The maximum atomic E-state index is 12.5. The van der Waals surface area contributed by atoms with Gasteiger partial charge in [0.25, 0.3) is 5.91 Å². The average Bonchev–Trinajstić information content (AvgIpc) is 3.52. The summed E-state index contributed by atoms with van der Waals surface area (Å²) >= 11 is 1.65. The molecule has 1 aromatic carbocycles. The van der Waals surface area contributed by atoms with E-state index in [0.717, 1.165) is 40.5 Å². The molecule has 1 N–H and O–H groups in total. The Balaban J connectivity index is 1.34. The van der Waals surface area contributed by atoms with Gasteiger partial charge in [-0.2, -0.15) is 5.10 Å². The number of furan rings is 1. The van der Waals surface area contributed by atoms with Crippen molar-refractivity contribution < 1.29 is 9.21 Å². The number of carbonyl (C=O) groups is 1. The van der Waals surface area contributed by atoms with Crippen LogP contribution in [0.2, 0.25) is 0 Å². The Bertz CT molecular complexity index is 1230. The van der Waals surface area contributed by atoms with Crippen LogP contribution in [-0.2, 0) is 6.54 Å². The minimum atomic E-state index is -0.235. The molecule has 0 saturated carbocycles. The number of carbonyl (C=O) groups excluding carboxylic acids is 1. The first kappa shape index (κ1) is 20.8. The highest BCUT2D eigenvalue weighted by atomic mass is 32.2. The van der Waals surface area contributed by atoms with Crippen LogP contribution >= 0.6 is 11.8 Å². The number of rotatable bonds is 7. The molecule has 4 heterocycles. The van der Waals surface area contributed by atoms with Gasteiger partial charge in [-0.05, 0) is 25.0 Å². The van der Waals surface area contributed by atoms with Crippen molar-refractivity contribution in [2.75, 3.05) is 24.5 Å². The van der Waals surface area contributed by atoms with Gasteiger partial charge in [-0.1, -0.05) is 43.8 Å². The Morgan fingerprint density at radius 1 is 1.22 bits per heavy atom. The van der Waals surface area contributed by atoms with E-state index in [4.69, 9.17) is 14.4 Å². The van der Waals surface area contributed by atoms with Gasteiger partial charge >= 0.3 is 0 Å². The highest BCUT2D eigenvalue weighted by molar-refractivity contribution is 7.99. The molecule has 0 radical (unpaired) electrons. The minimum Gasteiger partial charge on any atom is -0.451 e. The van der Waals surface area contributed by atoms with Crippen LogP contribution in [0.1, 0.15) is 37.2 Å². The summed E-state index contributed by atoms with van der Waals surface area (Å²) in [6.07, 6.45) is 4.20. The Morgan fingerprint density at radius 3 is 2.81 bits per heavy atom. The standard InChI is InChI=1S/C23H26N6O2S/c1-15(2)32-23-26-20(28-10-5-6-11-28)17-14-25-29(21(17)27-23)12-9-24-22(30)19-13-16-7-3-4-8-18(16)31-19/h3-4,7-8,13-15H,5-6,9-12H2,1-2H3,(H,24,30). The van der Waals surface area contributed by atoms with E-state index in [-0.39, 0.29) is 5.91 Å². The van der Waals surface area contributed by atoms with Gasteiger partial charge in [0.05, 0.1) is 18.1 Å². The number of benzene rings is 1. The number of aromatic nitrogens is 4. The van der Waals surface area contributed by atoms with Crippen LogP contribution in [0.5, 0.6) is 0 Å². The number of fused-ring (bicyclic) bond motifs is 2. The van der Waals surface area contributed by atoms with Gasteiger partial charge in [0.2, 0.25) is 0 Å². The molecule has 0 unspecified atom stereocenters. The van der Waals surface area contributed by atoms with Crippen molar-refractivity contribution in [2.24, 2.45) is 0 Å². The molecule has 4 aromatic rings. The molecule has 0 bridgehead atoms. The minimum absolute atomic E-state index is 0.235. The zero-order chi connectivity index (χ0) is 22.1. The molecule has 3 aromatic heterocycles. The van der Waals surface area contributed by atoms with Gasteiger partial charge in [0.15, 0.2) is 16.6 Å². The molecule has 32 heavy (non-hydrogen) atoms. The SMILES string of the molecule is CC(C)Sc1nc(N2CCCC2)c2cnn(CCNC(=O)c3cc4ccccc4o3)c2n1. The molecule has 1 aliphatic heterocycles. The third-order valence-electron chi connectivity index (χ3n) is 5.46. The van der Waals surface area contributed by atoms with Crippen molar-refractivity contribution in [2.45, 2.75) is 43.6 Å². The summed E-state index contributed by atoms with van der Waals surface area (Å²) in [7, 11) is 0. The Morgan fingerprint density at radius 2 is 2.03 bits per heavy atom. The number of amides is 1. The Kier molecular flexibility index (Phi) is 5.73. The van der Waals surface area contributed by atoms with Gasteiger partial charge in [0.1, 0.15) is 11.4 Å².